The molecule has 1 aromatic heterocycles. The lowest BCUT2D eigenvalue weighted by atomic mass is 10.1. The molecule has 0 atom stereocenters. The maximum absolute atomic E-state index is 12.4. The minimum atomic E-state index is -3.65. The van der Waals surface area contributed by atoms with E-state index in [9.17, 15) is 13.2 Å². The maximum atomic E-state index is 12.4. The van der Waals surface area contributed by atoms with Gasteiger partial charge in [0.15, 0.2) is 17.1 Å². The van der Waals surface area contributed by atoms with Crippen molar-refractivity contribution in [1.82, 2.24) is 9.71 Å². The van der Waals surface area contributed by atoms with E-state index in [4.69, 9.17) is 13.9 Å². The van der Waals surface area contributed by atoms with Crippen LogP contribution in [0.1, 0.15) is 5.56 Å². The van der Waals surface area contributed by atoms with Crippen molar-refractivity contribution >= 4 is 21.1 Å². The molecule has 0 radical (unpaired) electrons. The molecule has 25 heavy (non-hydrogen) atoms. The van der Waals surface area contributed by atoms with E-state index in [1.54, 1.807) is 24.3 Å². The zero-order valence-corrected chi connectivity index (χ0v) is 13.8. The van der Waals surface area contributed by atoms with Crippen LogP contribution in [0.15, 0.2) is 50.5 Å². The fourth-order valence-electron chi connectivity index (χ4n) is 2.61. The van der Waals surface area contributed by atoms with E-state index in [2.05, 4.69) is 9.71 Å². The number of ether oxygens (including phenoxy) is 2. The predicted molar refractivity (Wildman–Crippen MR) is 88.3 cm³/mol. The molecule has 0 saturated carbocycles. The first-order valence-corrected chi connectivity index (χ1v) is 9.01. The largest absolute Gasteiger partial charge is 0.454 e. The third kappa shape index (κ3) is 3.11. The number of rotatable bonds is 5. The molecule has 0 saturated heterocycles. The number of H-pyrrole nitrogens is 1. The summed E-state index contributed by atoms with van der Waals surface area (Å²) in [5.41, 5.74) is 1.92. The molecule has 8 nitrogen and oxygen atoms in total. The van der Waals surface area contributed by atoms with Crippen LogP contribution in [0.2, 0.25) is 0 Å². The van der Waals surface area contributed by atoms with Gasteiger partial charge in [-0.2, -0.15) is 0 Å². The highest BCUT2D eigenvalue weighted by molar-refractivity contribution is 7.89. The van der Waals surface area contributed by atoms with Gasteiger partial charge in [0.2, 0.25) is 16.8 Å². The van der Waals surface area contributed by atoms with Crippen LogP contribution in [0.4, 0.5) is 0 Å². The van der Waals surface area contributed by atoms with Gasteiger partial charge in [-0.1, -0.05) is 6.07 Å². The van der Waals surface area contributed by atoms with Gasteiger partial charge in [-0.25, -0.2) is 17.9 Å². The first-order valence-electron chi connectivity index (χ1n) is 7.52. The molecule has 0 unspecified atom stereocenters. The van der Waals surface area contributed by atoms with Crippen molar-refractivity contribution in [1.29, 1.82) is 0 Å². The van der Waals surface area contributed by atoms with E-state index in [0.29, 0.717) is 29.0 Å². The molecular weight excluding hydrogens is 348 g/mol. The normalized spacial score (nSPS) is 13.4. The Morgan fingerprint density at radius 3 is 2.80 bits per heavy atom. The van der Waals surface area contributed by atoms with E-state index < -0.39 is 15.8 Å². The van der Waals surface area contributed by atoms with Crippen LogP contribution in [0.3, 0.4) is 0 Å². The van der Waals surface area contributed by atoms with Crippen molar-refractivity contribution in [2.75, 3.05) is 13.3 Å². The third-order valence-electron chi connectivity index (χ3n) is 3.84. The number of hydrogen-bond donors (Lipinski definition) is 2. The summed E-state index contributed by atoms with van der Waals surface area (Å²) < 4.78 is 42.6. The summed E-state index contributed by atoms with van der Waals surface area (Å²) in [7, 11) is -3.65. The fraction of sp³-hybridized carbons (Fsp3) is 0.188. The van der Waals surface area contributed by atoms with Crippen LogP contribution in [-0.2, 0) is 16.4 Å². The first kappa shape index (κ1) is 15.7. The van der Waals surface area contributed by atoms with Gasteiger partial charge in [0, 0.05) is 12.6 Å². The van der Waals surface area contributed by atoms with Gasteiger partial charge in [-0.3, -0.25) is 4.98 Å². The molecule has 0 spiro atoms. The summed E-state index contributed by atoms with van der Waals surface area (Å²) in [5, 5.41) is 0. The van der Waals surface area contributed by atoms with Gasteiger partial charge in [0.1, 0.15) is 0 Å². The van der Waals surface area contributed by atoms with E-state index in [-0.39, 0.29) is 18.2 Å². The molecule has 0 fully saturated rings. The lowest BCUT2D eigenvalue weighted by molar-refractivity contribution is 0.174. The molecule has 2 N–H and O–H groups in total. The minimum Gasteiger partial charge on any atom is -0.454 e. The zero-order valence-electron chi connectivity index (χ0n) is 12.9. The Hall–Kier alpha value is -2.78. The first-order chi connectivity index (χ1) is 12.0. The molecule has 4 rings (SSSR count). The molecule has 1 aliphatic heterocycles. The Balaban J connectivity index is 1.45. The lowest BCUT2D eigenvalue weighted by Crippen LogP contribution is -2.26. The van der Waals surface area contributed by atoms with Gasteiger partial charge >= 0.3 is 5.76 Å². The van der Waals surface area contributed by atoms with E-state index in [1.807, 2.05) is 0 Å². The number of aromatic amines is 1. The lowest BCUT2D eigenvalue weighted by Gasteiger charge is -2.07. The summed E-state index contributed by atoms with van der Waals surface area (Å²) in [6.07, 6.45) is 0.465. The smallest absolute Gasteiger partial charge is 0.417 e. The molecule has 3 aromatic rings. The minimum absolute atomic E-state index is 0.0881. The van der Waals surface area contributed by atoms with Crippen LogP contribution in [-0.4, -0.2) is 26.7 Å². The number of sulfonamides is 1. The van der Waals surface area contributed by atoms with Crippen molar-refractivity contribution in [2.45, 2.75) is 11.3 Å². The molecule has 0 amide bonds. The Morgan fingerprint density at radius 1 is 1.08 bits per heavy atom. The van der Waals surface area contributed by atoms with Gasteiger partial charge in [0.25, 0.3) is 0 Å². The molecule has 2 heterocycles. The Bertz CT molecular complexity index is 1100. The van der Waals surface area contributed by atoms with Crippen molar-refractivity contribution in [3.8, 4) is 11.5 Å². The highest BCUT2D eigenvalue weighted by atomic mass is 32.2. The second kappa shape index (κ2) is 5.94. The summed E-state index contributed by atoms with van der Waals surface area (Å²) in [4.78, 5) is 13.8. The Morgan fingerprint density at radius 2 is 1.92 bits per heavy atom. The monoisotopic (exact) mass is 362 g/mol. The maximum Gasteiger partial charge on any atom is 0.417 e. The van der Waals surface area contributed by atoms with Gasteiger partial charge in [-0.15, -0.1) is 0 Å². The molecule has 0 bridgehead atoms. The van der Waals surface area contributed by atoms with E-state index in [0.717, 1.165) is 5.56 Å². The molecule has 1 aliphatic rings. The van der Waals surface area contributed by atoms with Crippen molar-refractivity contribution in [2.24, 2.45) is 0 Å². The Labute approximate surface area is 142 Å². The molecule has 9 heteroatoms. The number of aromatic nitrogens is 1. The van der Waals surface area contributed by atoms with Crippen LogP contribution >= 0.6 is 0 Å². The quantitative estimate of drug-likeness (QED) is 0.709. The summed E-state index contributed by atoms with van der Waals surface area (Å²) in [6, 6.07) is 9.70. The van der Waals surface area contributed by atoms with Crippen LogP contribution in [0.25, 0.3) is 11.1 Å². The topological polar surface area (TPSA) is 111 Å². The number of benzene rings is 2. The molecule has 2 aromatic carbocycles. The van der Waals surface area contributed by atoms with E-state index in [1.165, 1.54) is 12.1 Å². The second-order valence-corrected chi connectivity index (χ2v) is 7.27. The van der Waals surface area contributed by atoms with Gasteiger partial charge < -0.3 is 13.9 Å². The molecule has 0 aliphatic carbocycles. The van der Waals surface area contributed by atoms with E-state index >= 15 is 0 Å². The number of hydrogen-bond acceptors (Lipinski definition) is 6. The van der Waals surface area contributed by atoms with Crippen LogP contribution < -0.4 is 20.0 Å². The standard InChI is InChI=1S/C16H14N2O6S/c19-16-18-12-7-10(1-3-13(12)24-16)5-6-17-25(20,21)11-2-4-14-15(8-11)23-9-22-14/h1-4,7-8,17H,5-6,9H2,(H,18,19). The average molecular weight is 362 g/mol. The molecular formula is C16H14N2O6S. The van der Waals surface area contributed by atoms with Crippen molar-refractivity contribution in [3.63, 3.8) is 0 Å². The number of fused-ring (bicyclic) bond motifs is 2. The van der Waals surface area contributed by atoms with Crippen molar-refractivity contribution < 1.29 is 22.3 Å². The SMILES string of the molecule is O=c1[nH]c2cc(CCNS(=O)(=O)c3ccc4c(c3)OCO4)ccc2o1. The average Bonchev–Trinajstić information content (AvgIpc) is 3.18. The van der Waals surface area contributed by atoms with Crippen LogP contribution in [0.5, 0.6) is 11.5 Å². The zero-order chi connectivity index (χ0) is 17.4. The highest BCUT2D eigenvalue weighted by Gasteiger charge is 2.19. The fourth-order valence-corrected chi connectivity index (χ4v) is 3.66. The second-order valence-electron chi connectivity index (χ2n) is 5.51. The summed E-state index contributed by atoms with van der Waals surface area (Å²) >= 11 is 0. The number of oxazole rings is 1. The van der Waals surface area contributed by atoms with Crippen molar-refractivity contribution in [3.05, 3.63) is 52.5 Å². The Kier molecular flexibility index (Phi) is 3.74. The van der Waals surface area contributed by atoms with Gasteiger partial charge in [-0.05, 0) is 36.2 Å². The molecule has 130 valence electrons. The van der Waals surface area contributed by atoms with Gasteiger partial charge in [0.05, 0.1) is 10.4 Å². The highest BCUT2D eigenvalue weighted by Crippen LogP contribution is 2.33. The summed E-state index contributed by atoms with van der Waals surface area (Å²) in [6.45, 7) is 0.301. The van der Waals surface area contributed by atoms with Crippen LogP contribution in [0, 0.1) is 0 Å². The predicted octanol–water partition coefficient (Wildman–Crippen LogP) is 1.37. The summed E-state index contributed by atoms with van der Waals surface area (Å²) in [5.74, 6) is 0.425. The third-order valence-corrected chi connectivity index (χ3v) is 5.30. The number of nitrogens with one attached hydrogen (secondary N) is 2.